The third kappa shape index (κ3) is 2.21. The lowest BCUT2D eigenvalue weighted by Gasteiger charge is -2.27. The number of benzene rings is 4. The van der Waals surface area contributed by atoms with Crippen LogP contribution in [0.5, 0.6) is 0 Å². The molecule has 0 bridgehead atoms. The zero-order valence-electron chi connectivity index (χ0n) is 15.7. The smallest absolute Gasteiger partial charge is 0.0467 e. The molecule has 136 valence electrons. The molecule has 0 aliphatic carbocycles. The molecule has 2 aliphatic heterocycles. The van der Waals surface area contributed by atoms with E-state index in [2.05, 4.69) is 52.3 Å². The number of hydrogen-bond acceptors (Lipinski definition) is 3. The average molecular weight is 355 g/mol. The standard InChI is InChI=1S/C24H25N3/c25-18-13-16-5-7-19-21(26-9-1-2-10-26)15-22(27-11-3-4-12-27)20-8-6-17(14-18)23(16)24(19)20/h5-8,13-15H,1-4,9-12,25H2. The van der Waals surface area contributed by atoms with Crippen LogP contribution in [0, 0.1) is 0 Å². The summed E-state index contributed by atoms with van der Waals surface area (Å²) in [4.78, 5) is 5.19. The van der Waals surface area contributed by atoms with Crippen LogP contribution in [0.25, 0.3) is 32.3 Å². The van der Waals surface area contributed by atoms with Crippen molar-refractivity contribution in [1.82, 2.24) is 0 Å². The Bertz CT molecular complexity index is 1070. The lowest BCUT2D eigenvalue weighted by molar-refractivity contribution is 0.949. The first-order valence-electron chi connectivity index (χ1n) is 10.3. The second kappa shape index (κ2) is 5.66. The van der Waals surface area contributed by atoms with Crippen LogP contribution in [0.2, 0.25) is 0 Å². The highest BCUT2D eigenvalue weighted by molar-refractivity contribution is 6.28. The molecule has 0 saturated carbocycles. The molecule has 0 atom stereocenters. The summed E-state index contributed by atoms with van der Waals surface area (Å²) in [5, 5.41) is 8.12. The fourth-order valence-electron chi connectivity index (χ4n) is 5.34. The number of hydrogen-bond donors (Lipinski definition) is 1. The summed E-state index contributed by atoms with van der Waals surface area (Å²) in [6.07, 6.45) is 5.21. The SMILES string of the molecule is Nc1cc2ccc3c(N4CCCC4)cc(N4CCCC4)c4ccc(c1)c2c34. The van der Waals surface area contributed by atoms with Crippen LogP contribution >= 0.6 is 0 Å². The van der Waals surface area contributed by atoms with Crippen LogP contribution < -0.4 is 15.5 Å². The van der Waals surface area contributed by atoms with E-state index in [1.165, 1.54) is 95.6 Å². The predicted molar refractivity (Wildman–Crippen MR) is 117 cm³/mol. The van der Waals surface area contributed by atoms with E-state index in [1.54, 1.807) is 0 Å². The van der Waals surface area contributed by atoms with Crippen molar-refractivity contribution >= 4 is 49.4 Å². The van der Waals surface area contributed by atoms with Crippen LogP contribution in [-0.2, 0) is 0 Å². The zero-order chi connectivity index (χ0) is 18.0. The van der Waals surface area contributed by atoms with E-state index < -0.39 is 0 Å². The molecule has 0 amide bonds. The highest BCUT2D eigenvalue weighted by Crippen LogP contribution is 2.45. The van der Waals surface area contributed by atoms with Gasteiger partial charge in [0, 0.05) is 59.4 Å². The summed E-state index contributed by atoms with van der Waals surface area (Å²) in [5.74, 6) is 0. The Hall–Kier alpha value is -2.68. The van der Waals surface area contributed by atoms with E-state index in [1.807, 2.05) is 0 Å². The molecule has 3 nitrogen and oxygen atoms in total. The van der Waals surface area contributed by atoms with Gasteiger partial charge in [-0.2, -0.15) is 0 Å². The summed E-state index contributed by atoms with van der Waals surface area (Å²) in [6, 6.07) is 15.9. The predicted octanol–water partition coefficient (Wildman–Crippen LogP) is 5.37. The normalized spacial score (nSPS) is 17.9. The molecule has 0 aromatic heterocycles. The van der Waals surface area contributed by atoms with E-state index in [4.69, 9.17) is 5.73 Å². The summed E-state index contributed by atoms with van der Waals surface area (Å²) in [5.41, 5.74) is 9.87. The van der Waals surface area contributed by atoms with Gasteiger partial charge in [-0.25, -0.2) is 0 Å². The molecule has 27 heavy (non-hydrogen) atoms. The third-order valence-electron chi connectivity index (χ3n) is 6.59. The van der Waals surface area contributed by atoms with Gasteiger partial charge in [0.05, 0.1) is 0 Å². The Morgan fingerprint density at radius 1 is 0.593 bits per heavy atom. The van der Waals surface area contributed by atoms with E-state index in [0.29, 0.717) is 0 Å². The van der Waals surface area contributed by atoms with Crippen LogP contribution in [0.15, 0.2) is 42.5 Å². The molecule has 2 N–H and O–H groups in total. The van der Waals surface area contributed by atoms with Gasteiger partial charge < -0.3 is 15.5 Å². The van der Waals surface area contributed by atoms with Gasteiger partial charge in [-0.3, -0.25) is 0 Å². The Morgan fingerprint density at radius 3 is 1.56 bits per heavy atom. The van der Waals surface area contributed by atoms with Crippen molar-refractivity contribution in [1.29, 1.82) is 0 Å². The van der Waals surface area contributed by atoms with Crippen molar-refractivity contribution in [2.75, 3.05) is 41.7 Å². The second-order valence-corrected chi connectivity index (χ2v) is 8.25. The molecule has 3 heteroatoms. The first-order valence-corrected chi connectivity index (χ1v) is 10.3. The van der Waals surface area contributed by atoms with Crippen LogP contribution in [0.1, 0.15) is 25.7 Å². The summed E-state index contributed by atoms with van der Waals surface area (Å²) in [7, 11) is 0. The molecular formula is C24H25N3. The van der Waals surface area contributed by atoms with Gasteiger partial charge in [0.1, 0.15) is 0 Å². The molecule has 6 rings (SSSR count). The van der Waals surface area contributed by atoms with Gasteiger partial charge in [-0.1, -0.05) is 24.3 Å². The highest BCUT2D eigenvalue weighted by Gasteiger charge is 2.23. The zero-order valence-corrected chi connectivity index (χ0v) is 15.7. The number of nitrogens with zero attached hydrogens (tertiary/aromatic N) is 2. The van der Waals surface area contributed by atoms with Crippen molar-refractivity contribution in [3.63, 3.8) is 0 Å². The largest absolute Gasteiger partial charge is 0.399 e. The molecule has 2 saturated heterocycles. The molecule has 0 radical (unpaired) electrons. The summed E-state index contributed by atoms with van der Waals surface area (Å²) in [6.45, 7) is 4.71. The van der Waals surface area contributed by atoms with Gasteiger partial charge in [0.15, 0.2) is 0 Å². The molecule has 2 aliphatic rings. The van der Waals surface area contributed by atoms with Crippen LogP contribution in [0.4, 0.5) is 17.1 Å². The maximum Gasteiger partial charge on any atom is 0.0467 e. The second-order valence-electron chi connectivity index (χ2n) is 8.25. The molecule has 2 fully saturated rings. The van der Waals surface area contributed by atoms with Crippen molar-refractivity contribution in [2.45, 2.75) is 25.7 Å². The Kier molecular flexibility index (Phi) is 3.22. The maximum atomic E-state index is 6.17. The van der Waals surface area contributed by atoms with Gasteiger partial charge in [0.25, 0.3) is 0 Å². The van der Waals surface area contributed by atoms with Gasteiger partial charge in [-0.15, -0.1) is 0 Å². The fourth-order valence-corrected chi connectivity index (χ4v) is 5.34. The third-order valence-corrected chi connectivity index (χ3v) is 6.59. The minimum Gasteiger partial charge on any atom is -0.399 e. The minimum atomic E-state index is 0.848. The molecule has 2 heterocycles. The highest BCUT2D eigenvalue weighted by atomic mass is 15.2. The Balaban J connectivity index is 1.76. The first-order chi connectivity index (χ1) is 13.3. The molecule has 0 unspecified atom stereocenters. The van der Waals surface area contributed by atoms with Gasteiger partial charge >= 0.3 is 0 Å². The molecule has 4 aromatic rings. The average Bonchev–Trinajstić information content (AvgIpc) is 3.39. The van der Waals surface area contributed by atoms with E-state index in [-0.39, 0.29) is 0 Å². The minimum absolute atomic E-state index is 0.848. The van der Waals surface area contributed by atoms with Crippen molar-refractivity contribution in [3.8, 4) is 0 Å². The lowest BCUT2D eigenvalue weighted by Crippen LogP contribution is -2.21. The van der Waals surface area contributed by atoms with Gasteiger partial charge in [0.2, 0.25) is 0 Å². The monoisotopic (exact) mass is 355 g/mol. The Labute approximate surface area is 159 Å². The number of rotatable bonds is 2. The Morgan fingerprint density at radius 2 is 1.07 bits per heavy atom. The summed E-state index contributed by atoms with van der Waals surface area (Å²) < 4.78 is 0. The lowest BCUT2D eigenvalue weighted by atomic mass is 9.91. The number of anilines is 3. The van der Waals surface area contributed by atoms with E-state index >= 15 is 0 Å². The maximum absolute atomic E-state index is 6.17. The van der Waals surface area contributed by atoms with Crippen molar-refractivity contribution in [2.24, 2.45) is 0 Å². The number of nitrogen functional groups attached to an aromatic ring is 1. The van der Waals surface area contributed by atoms with E-state index in [9.17, 15) is 0 Å². The topological polar surface area (TPSA) is 32.5 Å². The number of nitrogens with two attached hydrogens (primary N) is 1. The van der Waals surface area contributed by atoms with Gasteiger partial charge in [-0.05, 0) is 60.0 Å². The molecular weight excluding hydrogens is 330 g/mol. The van der Waals surface area contributed by atoms with Crippen LogP contribution in [-0.4, -0.2) is 26.2 Å². The van der Waals surface area contributed by atoms with E-state index in [0.717, 1.165) is 5.69 Å². The molecule has 4 aromatic carbocycles. The summed E-state index contributed by atoms with van der Waals surface area (Å²) >= 11 is 0. The van der Waals surface area contributed by atoms with Crippen molar-refractivity contribution < 1.29 is 0 Å². The molecule has 0 spiro atoms. The van der Waals surface area contributed by atoms with Crippen molar-refractivity contribution in [3.05, 3.63) is 42.5 Å². The quantitative estimate of drug-likeness (QED) is 0.388. The van der Waals surface area contributed by atoms with Crippen LogP contribution in [0.3, 0.4) is 0 Å². The first kappa shape index (κ1) is 15.4. The fraction of sp³-hybridized carbons (Fsp3) is 0.333.